The van der Waals surface area contributed by atoms with E-state index < -0.39 is 5.97 Å². The number of hydrogen-bond acceptors (Lipinski definition) is 5. The van der Waals surface area contributed by atoms with Crippen molar-refractivity contribution in [3.8, 4) is 0 Å². The van der Waals surface area contributed by atoms with Gasteiger partial charge in [-0.2, -0.15) is 0 Å². The Morgan fingerprint density at radius 2 is 1.58 bits per heavy atom. The van der Waals surface area contributed by atoms with Gasteiger partial charge in [0.1, 0.15) is 6.61 Å². The molecule has 0 saturated heterocycles. The van der Waals surface area contributed by atoms with Crippen LogP contribution >= 0.6 is 0 Å². The average Bonchev–Trinajstić information content (AvgIpc) is 2.60. The Hall–Kier alpha value is -2.66. The van der Waals surface area contributed by atoms with Gasteiger partial charge in [0, 0.05) is 11.1 Å². The molecule has 0 atom stereocenters. The summed E-state index contributed by atoms with van der Waals surface area (Å²) in [5.74, 6) is -0.802. The molecule has 0 amide bonds. The van der Waals surface area contributed by atoms with Crippen LogP contribution in [0.4, 0.5) is 0 Å². The van der Waals surface area contributed by atoms with E-state index in [-0.39, 0.29) is 19.2 Å². The summed E-state index contributed by atoms with van der Waals surface area (Å²) in [6.45, 7) is 13.4. The third-order valence-corrected chi connectivity index (χ3v) is 2.24. The number of benzene rings is 1. The maximum atomic E-state index is 10.5. The molecule has 0 unspecified atom stereocenters. The second-order valence-corrected chi connectivity index (χ2v) is 4.53. The van der Waals surface area contributed by atoms with Gasteiger partial charge in [-0.05, 0) is 19.4 Å². The lowest BCUT2D eigenvalue weighted by atomic mass is 10.2. The maximum absolute atomic E-state index is 10.5. The van der Waals surface area contributed by atoms with E-state index in [0.29, 0.717) is 11.1 Å². The lowest BCUT2D eigenvalue weighted by Crippen LogP contribution is -2.08. The third-order valence-electron chi connectivity index (χ3n) is 2.24. The summed E-state index contributed by atoms with van der Waals surface area (Å²) < 4.78 is 8.74. The van der Waals surface area contributed by atoms with Crippen LogP contribution in [0.5, 0.6) is 0 Å². The van der Waals surface area contributed by atoms with Crippen LogP contribution < -0.4 is 0 Å². The Morgan fingerprint density at radius 3 is 1.83 bits per heavy atom. The molecule has 0 heterocycles. The fraction of sp³-hybridized carbons (Fsp3) is 0.263. The van der Waals surface area contributed by atoms with Crippen molar-refractivity contribution in [1.29, 1.82) is 0 Å². The normalized spacial score (nSPS) is 8.33. The molecule has 0 radical (unpaired) electrons. The van der Waals surface area contributed by atoms with E-state index in [9.17, 15) is 9.59 Å². The SMILES string of the molecule is C=C(C)C(=O)OC.C=C(C)C(=O)OCCO.C=Cc1ccccc1. The zero-order valence-corrected chi connectivity index (χ0v) is 14.6. The van der Waals surface area contributed by atoms with E-state index in [1.807, 2.05) is 36.4 Å². The van der Waals surface area contributed by atoms with E-state index in [0.717, 1.165) is 0 Å². The number of carbonyl (C=O) groups excluding carboxylic acids is 2. The van der Waals surface area contributed by atoms with Gasteiger partial charge in [-0.1, -0.05) is 56.1 Å². The highest BCUT2D eigenvalue weighted by Crippen LogP contribution is 1.97. The predicted molar refractivity (Wildman–Crippen MR) is 96.2 cm³/mol. The summed E-state index contributed by atoms with van der Waals surface area (Å²) >= 11 is 0. The monoisotopic (exact) mass is 334 g/mol. The minimum absolute atomic E-state index is 0.0473. The van der Waals surface area contributed by atoms with E-state index in [4.69, 9.17) is 5.11 Å². The molecule has 1 aromatic rings. The Bertz CT molecular complexity index is 532. The van der Waals surface area contributed by atoms with Gasteiger partial charge in [0.25, 0.3) is 0 Å². The number of hydrogen-bond donors (Lipinski definition) is 1. The molecule has 0 fully saturated rings. The number of esters is 2. The molecule has 24 heavy (non-hydrogen) atoms. The van der Waals surface area contributed by atoms with Crippen molar-refractivity contribution in [2.24, 2.45) is 0 Å². The molecule has 5 nitrogen and oxygen atoms in total. The second-order valence-electron chi connectivity index (χ2n) is 4.53. The number of rotatable bonds is 5. The first-order valence-electron chi connectivity index (χ1n) is 7.14. The summed E-state index contributed by atoms with van der Waals surface area (Å²) in [6.07, 6.45) is 1.83. The van der Waals surface area contributed by atoms with E-state index in [1.165, 1.54) is 12.7 Å². The molecule has 1 N–H and O–H groups in total. The molecule has 0 spiro atoms. The predicted octanol–water partition coefficient (Wildman–Crippen LogP) is 3.16. The van der Waals surface area contributed by atoms with Gasteiger partial charge in [0.15, 0.2) is 0 Å². The molecule has 0 aliphatic rings. The van der Waals surface area contributed by atoms with Gasteiger partial charge >= 0.3 is 11.9 Å². The van der Waals surface area contributed by atoms with Crippen molar-refractivity contribution in [2.45, 2.75) is 13.8 Å². The minimum atomic E-state index is -0.455. The smallest absolute Gasteiger partial charge is 0.333 e. The molecule has 0 saturated carbocycles. The fourth-order valence-corrected chi connectivity index (χ4v) is 1.02. The first-order valence-corrected chi connectivity index (χ1v) is 7.14. The number of aliphatic hydroxyl groups excluding tert-OH is 1. The summed E-state index contributed by atoms with van der Waals surface area (Å²) in [4.78, 5) is 20.7. The summed E-state index contributed by atoms with van der Waals surface area (Å²) in [5.41, 5.74) is 1.96. The largest absolute Gasteiger partial charge is 0.466 e. The molecule has 1 rings (SSSR count). The number of methoxy groups -OCH3 is 1. The Labute approximate surface area is 143 Å². The fourth-order valence-electron chi connectivity index (χ4n) is 1.02. The second kappa shape index (κ2) is 15.2. The van der Waals surface area contributed by atoms with E-state index >= 15 is 0 Å². The van der Waals surface area contributed by atoms with Crippen LogP contribution in [0.1, 0.15) is 19.4 Å². The first kappa shape index (κ1) is 23.6. The highest BCUT2D eigenvalue weighted by Gasteiger charge is 1.99. The maximum Gasteiger partial charge on any atom is 0.333 e. The molecular formula is C19H26O5. The van der Waals surface area contributed by atoms with Gasteiger partial charge in [-0.3, -0.25) is 0 Å². The van der Waals surface area contributed by atoms with Gasteiger partial charge in [0.05, 0.1) is 13.7 Å². The van der Waals surface area contributed by atoms with Crippen LogP contribution in [-0.2, 0) is 19.1 Å². The Kier molecular flexibility index (Phi) is 15.0. The lowest BCUT2D eigenvalue weighted by Gasteiger charge is -1.99. The van der Waals surface area contributed by atoms with Crippen molar-refractivity contribution in [1.82, 2.24) is 0 Å². The van der Waals surface area contributed by atoms with Gasteiger partial charge in [0.2, 0.25) is 0 Å². The highest BCUT2D eigenvalue weighted by atomic mass is 16.5. The van der Waals surface area contributed by atoms with Gasteiger partial charge in [-0.25, -0.2) is 9.59 Å². The zero-order chi connectivity index (χ0) is 19.0. The Balaban J connectivity index is 0. The minimum Gasteiger partial charge on any atom is -0.466 e. The highest BCUT2D eigenvalue weighted by molar-refractivity contribution is 5.87. The lowest BCUT2D eigenvalue weighted by molar-refractivity contribution is -0.140. The summed E-state index contributed by atoms with van der Waals surface area (Å²) in [5, 5.41) is 8.19. The molecule has 0 aromatic heterocycles. The van der Waals surface area contributed by atoms with Crippen LogP contribution in [0.15, 0.2) is 61.2 Å². The van der Waals surface area contributed by atoms with E-state index in [1.54, 1.807) is 13.8 Å². The van der Waals surface area contributed by atoms with Crippen molar-refractivity contribution in [3.63, 3.8) is 0 Å². The molecular weight excluding hydrogens is 308 g/mol. The standard InChI is InChI=1S/C8H8.C6H10O3.C5H8O2/c1-2-8-6-4-3-5-7-8;1-5(2)6(8)9-4-3-7;1-4(2)5(6)7-3/h2-7H,1H2;7H,1,3-4H2,2H3;1H2,2-3H3. The van der Waals surface area contributed by atoms with Crippen molar-refractivity contribution in [2.75, 3.05) is 20.3 Å². The van der Waals surface area contributed by atoms with Crippen LogP contribution in [0, 0.1) is 0 Å². The van der Waals surface area contributed by atoms with Crippen LogP contribution in [0.2, 0.25) is 0 Å². The third kappa shape index (κ3) is 14.3. The zero-order valence-electron chi connectivity index (χ0n) is 14.6. The van der Waals surface area contributed by atoms with Crippen molar-refractivity contribution in [3.05, 3.63) is 66.8 Å². The van der Waals surface area contributed by atoms with Crippen molar-refractivity contribution >= 4 is 18.0 Å². The molecule has 0 bridgehead atoms. The molecule has 0 aliphatic heterocycles. The van der Waals surface area contributed by atoms with Crippen molar-refractivity contribution < 1.29 is 24.2 Å². The number of aliphatic hydroxyl groups is 1. The molecule has 0 aliphatic carbocycles. The van der Waals surface area contributed by atoms with Gasteiger partial charge in [-0.15, -0.1) is 0 Å². The summed E-state index contributed by atoms with van der Waals surface area (Å²) in [6, 6.07) is 10.0. The Morgan fingerprint density at radius 1 is 1.08 bits per heavy atom. The average molecular weight is 334 g/mol. The topological polar surface area (TPSA) is 72.8 Å². The number of ether oxygens (including phenoxy) is 2. The molecule has 5 heteroatoms. The van der Waals surface area contributed by atoms with Gasteiger partial charge < -0.3 is 14.6 Å². The summed E-state index contributed by atoms with van der Waals surface area (Å²) in [7, 11) is 1.33. The quantitative estimate of drug-likeness (QED) is 0.661. The molecule has 1 aromatic carbocycles. The molecule has 132 valence electrons. The van der Waals surface area contributed by atoms with E-state index in [2.05, 4.69) is 29.2 Å². The number of carbonyl (C=O) groups is 2. The van der Waals surface area contributed by atoms with Crippen LogP contribution in [0.25, 0.3) is 6.08 Å². The van der Waals surface area contributed by atoms with Crippen LogP contribution in [-0.4, -0.2) is 37.4 Å². The first-order chi connectivity index (χ1) is 11.3. The van der Waals surface area contributed by atoms with Crippen LogP contribution in [0.3, 0.4) is 0 Å².